The van der Waals surface area contributed by atoms with Crippen LogP contribution in [0.4, 0.5) is 0 Å². The van der Waals surface area contributed by atoms with Crippen molar-refractivity contribution in [1.82, 2.24) is 9.55 Å². The van der Waals surface area contributed by atoms with Gasteiger partial charge in [-0.3, -0.25) is 0 Å². The maximum atomic E-state index is 9.72. The zero-order chi connectivity index (χ0) is 11.1. The second-order valence-electron chi connectivity index (χ2n) is 4.38. The number of nitrogens with two attached hydrogens (primary N) is 1. The van der Waals surface area contributed by atoms with Gasteiger partial charge in [0.15, 0.2) is 0 Å². The van der Waals surface area contributed by atoms with Gasteiger partial charge in [-0.05, 0) is 30.5 Å². The molecule has 0 amide bonds. The van der Waals surface area contributed by atoms with Gasteiger partial charge in [-0.2, -0.15) is 0 Å². The van der Waals surface area contributed by atoms with Gasteiger partial charge < -0.3 is 15.4 Å². The largest absolute Gasteiger partial charge is 0.387 e. The Balaban J connectivity index is 2.10. The van der Waals surface area contributed by atoms with E-state index in [0.29, 0.717) is 6.04 Å². The van der Waals surface area contributed by atoms with E-state index in [1.807, 2.05) is 24.5 Å². The summed E-state index contributed by atoms with van der Waals surface area (Å²) in [7, 11) is 0. The highest BCUT2D eigenvalue weighted by Crippen LogP contribution is 2.37. The molecule has 16 heavy (non-hydrogen) atoms. The first-order chi connectivity index (χ1) is 7.79. The summed E-state index contributed by atoms with van der Waals surface area (Å²) >= 11 is 0. The number of hydrogen-bond donors (Lipinski definition) is 2. The fourth-order valence-electron chi connectivity index (χ4n) is 2.03. The zero-order valence-corrected chi connectivity index (χ0v) is 9.00. The number of hydrogen-bond acceptors (Lipinski definition) is 3. The van der Waals surface area contributed by atoms with Crippen molar-refractivity contribution in [2.45, 2.75) is 25.0 Å². The molecule has 1 aliphatic rings. The molecule has 3 N–H and O–H groups in total. The minimum atomic E-state index is -0.577. The van der Waals surface area contributed by atoms with E-state index < -0.39 is 6.10 Å². The van der Waals surface area contributed by atoms with Gasteiger partial charge in [0.05, 0.1) is 23.5 Å². The molecule has 1 saturated carbocycles. The summed E-state index contributed by atoms with van der Waals surface area (Å²) in [5.74, 6) is 0. The van der Waals surface area contributed by atoms with E-state index in [2.05, 4.69) is 9.55 Å². The second kappa shape index (κ2) is 3.57. The van der Waals surface area contributed by atoms with Gasteiger partial charge >= 0.3 is 0 Å². The van der Waals surface area contributed by atoms with Gasteiger partial charge in [0.25, 0.3) is 0 Å². The lowest BCUT2D eigenvalue weighted by Gasteiger charge is -2.08. The molecule has 1 atom stereocenters. The number of rotatable bonds is 3. The summed E-state index contributed by atoms with van der Waals surface area (Å²) < 4.78 is 2.20. The van der Waals surface area contributed by atoms with Gasteiger partial charge in [0.1, 0.15) is 0 Å². The van der Waals surface area contributed by atoms with Gasteiger partial charge in [-0.1, -0.05) is 6.07 Å². The van der Waals surface area contributed by atoms with Crippen LogP contribution in [0.3, 0.4) is 0 Å². The third-order valence-electron chi connectivity index (χ3n) is 3.15. The average molecular weight is 217 g/mol. The first kappa shape index (κ1) is 9.81. The summed E-state index contributed by atoms with van der Waals surface area (Å²) in [6, 6.07) is 6.44. The van der Waals surface area contributed by atoms with Crippen molar-refractivity contribution in [3.05, 3.63) is 30.1 Å². The number of aliphatic hydroxyl groups excluding tert-OH is 1. The molecule has 4 nitrogen and oxygen atoms in total. The molecule has 1 aliphatic carbocycles. The van der Waals surface area contributed by atoms with Crippen LogP contribution in [0.1, 0.15) is 30.6 Å². The molecule has 4 heteroatoms. The minimum absolute atomic E-state index is 0.253. The van der Waals surface area contributed by atoms with Gasteiger partial charge in [0, 0.05) is 12.6 Å². The van der Waals surface area contributed by atoms with Crippen molar-refractivity contribution >= 4 is 11.0 Å². The number of imidazole rings is 1. The molecular formula is C12H15N3O. The highest BCUT2D eigenvalue weighted by molar-refractivity contribution is 5.76. The molecule has 84 valence electrons. The van der Waals surface area contributed by atoms with E-state index in [0.717, 1.165) is 16.6 Å². The number of nitrogens with zero attached hydrogens (tertiary/aromatic N) is 2. The molecule has 1 aromatic carbocycles. The molecule has 0 radical (unpaired) electrons. The maximum absolute atomic E-state index is 9.72. The highest BCUT2D eigenvalue weighted by atomic mass is 16.3. The Morgan fingerprint density at radius 2 is 2.31 bits per heavy atom. The van der Waals surface area contributed by atoms with E-state index >= 15 is 0 Å². The molecule has 0 bridgehead atoms. The first-order valence-electron chi connectivity index (χ1n) is 5.64. The maximum Gasteiger partial charge on any atom is 0.0960 e. The van der Waals surface area contributed by atoms with Crippen LogP contribution in [0.2, 0.25) is 0 Å². The Morgan fingerprint density at radius 3 is 3.00 bits per heavy atom. The van der Waals surface area contributed by atoms with Crippen molar-refractivity contribution in [2.24, 2.45) is 5.73 Å². The van der Waals surface area contributed by atoms with E-state index in [4.69, 9.17) is 5.73 Å². The van der Waals surface area contributed by atoms with E-state index in [1.165, 1.54) is 12.8 Å². The standard InChI is InChI=1S/C12H15N3O/c13-6-12(16)8-1-4-10-11(5-8)15(7-14-10)9-2-3-9/h1,4-5,7,9,12,16H,2-3,6,13H2. The molecule has 1 unspecified atom stereocenters. The zero-order valence-electron chi connectivity index (χ0n) is 9.00. The number of aliphatic hydroxyl groups is 1. The Labute approximate surface area is 93.7 Å². The number of fused-ring (bicyclic) bond motifs is 1. The molecule has 1 heterocycles. The minimum Gasteiger partial charge on any atom is -0.387 e. The van der Waals surface area contributed by atoms with Crippen molar-refractivity contribution in [2.75, 3.05) is 6.54 Å². The lowest BCUT2D eigenvalue weighted by molar-refractivity contribution is 0.187. The molecule has 0 saturated heterocycles. The molecule has 0 aliphatic heterocycles. The topological polar surface area (TPSA) is 64.1 Å². The Hall–Kier alpha value is -1.39. The molecule has 3 rings (SSSR count). The van der Waals surface area contributed by atoms with Crippen LogP contribution in [0.25, 0.3) is 11.0 Å². The monoisotopic (exact) mass is 217 g/mol. The summed E-state index contributed by atoms with van der Waals surface area (Å²) in [5, 5.41) is 9.72. The normalized spacial score (nSPS) is 17.9. The van der Waals surface area contributed by atoms with Crippen LogP contribution in [0.5, 0.6) is 0 Å². The van der Waals surface area contributed by atoms with Crippen molar-refractivity contribution < 1.29 is 5.11 Å². The van der Waals surface area contributed by atoms with Crippen molar-refractivity contribution in [3.8, 4) is 0 Å². The SMILES string of the molecule is NCC(O)c1ccc2ncn(C3CC3)c2c1. The van der Waals surface area contributed by atoms with Crippen LogP contribution in [-0.2, 0) is 0 Å². The van der Waals surface area contributed by atoms with Gasteiger partial charge in [-0.25, -0.2) is 4.98 Å². The Bertz CT molecular complexity index is 516. The predicted molar refractivity (Wildman–Crippen MR) is 62.0 cm³/mol. The van der Waals surface area contributed by atoms with E-state index in [9.17, 15) is 5.11 Å². The smallest absolute Gasteiger partial charge is 0.0960 e. The lowest BCUT2D eigenvalue weighted by atomic mass is 10.1. The van der Waals surface area contributed by atoms with Crippen LogP contribution in [0, 0.1) is 0 Å². The molecule has 2 aromatic rings. The number of benzene rings is 1. The quantitative estimate of drug-likeness (QED) is 0.816. The summed E-state index contributed by atoms with van der Waals surface area (Å²) in [6.45, 7) is 0.253. The Kier molecular flexibility index (Phi) is 2.19. The summed E-state index contributed by atoms with van der Waals surface area (Å²) in [4.78, 5) is 4.36. The number of aromatic nitrogens is 2. The van der Waals surface area contributed by atoms with E-state index in [-0.39, 0.29) is 6.54 Å². The molecular weight excluding hydrogens is 202 g/mol. The van der Waals surface area contributed by atoms with Gasteiger partial charge in [-0.15, -0.1) is 0 Å². The average Bonchev–Trinajstić information content (AvgIpc) is 3.08. The lowest BCUT2D eigenvalue weighted by Crippen LogP contribution is -2.11. The van der Waals surface area contributed by atoms with Gasteiger partial charge in [0.2, 0.25) is 0 Å². The van der Waals surface area contributed by atoms with Crippen LogP contribution in [0.15, 0.2) is 24.5 Å². The Morgan fingerprint density at radius 1 is 1.50 bits per heavy atom. The summed E-state index contributed by atoms with van der Waals surface area (Å²) in [5.41, 5.74) is 8.42. The summed E-state index contributed by atoms with van der Waals surface area (Å²) in [6.07, 6.45) is 3.78. The van der Waals surface area contributed by atoms with Crippen LogP contribution < -0.4 is 5.73 Å². The second-order valence-corrected chi connectivity index (χ2v) is 4.38. The fourth-order valence-corrected chi connectivity index (χ4v) is 2.03. The first-order valence-corrected chi connectivity index (χ1v) is 5.64. The third-order valence-corrected chi connectivity index (χ3v) is 3.15. The van der Waals surface area contributed by atoms with Crippen molar-refractivity contribution in [1.29, 1.82) is 0 Å². The molecule has 1 aromatic heterocycles. The van der Waals surface area contributed by atoms with E-state index in [1.54, 1.807) is 0 Å². The highest BCUT2D eigenvalue weighted by Gasteiger charge is 2.25. The van der Waals surface area contributed by atoms with Crippen molar-refractivity contribution in [3.63, 3.8) is 0 Å². The fraction of sp³-hybridized carbons (Fsp3) is 0.417. The van der Waals surface area contributed by atoms with Crippen LogP contribution >= 0.6 is 0 Å². The predicted octanol–water partition coefficient (Wildman–Crippen LogP) is 1.36. The third kappa shape index (κ3) is 1.50. The van der Waals surface area contributed by atoms with Crippen LogP contribution in [-0.4, -0.2) is 21.2 Å². The molecule has 1 fully saturated rings. The molecule has 0 spiro atoms.